The van der Waals surface area contributed by atoms with E-state index in [1.807, 2.05) is 0 Å². The first-order valence-electron chi connectivity index (χ1n) is 7.55. The molecule has 8 heteroatoms. The van der Waals surface area contributed by atoms with Gasteiger partial charge in [-0.1, -0.05) is 0 Å². The minimum atomic E-state index is -1.58. The lowest BCUT2D eigenvalue weighted by atomic mass is 9.85. The Hall–Kier alpha value is -1.22. The number of nitrogens with one attached hydrogen (secondary N) is 1. The molecule has 8 nitrogen and oxygen atoms in total. The van der Waals surface area contributed by atoms with Gasteiger partial charge in [0.2, 0.25) is 0 Å². The fourth-order valence-electron chi connectivity index (χ4n) is 2.24. The van der Waals surface area contributed by atoms with E-state index in [-0.39, 0.29) is 0 Å². The summed E-state index contributed by atoms with van der Waals surface area (Å²) in [6.07, 6.45) is 2.61. The van der Waals surface area contributed by atoms with E-state index in [1.54, 1.807) is 6.92 Å². The number of unbranched alkanes of at least 4 members (excludes halogenated alkanes) is 1. The van der Waals surface area contributed by atoms with E-state index in [0.29, 0.717) is 45.2 Å². The Balaban J connectivity index is 5.19. The highest BCUT2D eigenvalue weighted by Gasteiger charge is 2.43. The highest BCUT2D eigenvalue weighted by Crippen LogP contribution is 2.21. The van der Waals surface area contributed by atoms with Crippen LogP contribution in [0.25, 0.3) is 0 Å². The first-order valence-corrected chi connectivity index (χ1v) is 7.55. The second-order valence-corrected chi connectivity index (χ2v) is 6.10. The Labute approximate surface area is 131 Å². The SMILES string of the molecule is C[C@](CCCCN)(NC(CCCN)[C@](C)(N)C(=O)O)C(=O)O. The summed E-state index contributed by atoms with van der Waals surface area (Å²) in [5.74, 6) is -2.22. The van der Waals surface area contributed by atoms with Crippen molar-refractivity contribution in [2.45, 2.75) is 63.1 Å². The van der Waals surface area contributed by atoms with E-state index in [9.17, 15) is 19.8 Å². The molecule has 0 saturated carbocycles. The lowest BCUT2D eigenvalue weighted by molar-refractivity contribution is -0.148. The summed E-state index contributed by atoms with van der Waals surface area (Å²) in [6, 6.07) is -0.701. The quantitative estimate of drug-likeness (QED) is 0.261. The van der Waals surface area contributed by atoms with Crippen molar-refractivity contribution in [2.24, 2.45) is 17.2 Å². The molecule has 0 aromatic carbocycles. The Kier molecular flexibility index (Phi) is 8.54. The molecule has 0 aromatic heterocycles. The zero-order valence-electron chi connectivity index (χ0n) is 13.5. The molecular formula is C14H30N4O4. The first kappa shape index (κ1) is 20.8. The number of carboxylic acid groups (broad SMARTS) is 2. The Morgan fingerprint density at radius 1 is 1.05 bits per heavy atom. The monoisotopic (exact) mass is 318 g/mol. The summed E-state index contributed by atoms with van der Waals surface area (Å²) >= 11 is 0. The van der Waals surface area contributed by atoms with Crippen molar-refractivity contribution in [1.29, 1.82) is 0 Å². The molecule has 0 heterocycles. The molecule has 0 amide bonds. The number of hydrogen-bond acceptors (Lipinski definition) is 6. The maximum atomic E-state index is 11.6. The second kappa shape index (κ2) is 9.04. The van der Waals surface area contributed by atoms with Gasteiger partial charge in [0.15, 0.2) is 0 Å². The van der Waals surface area contributed by atoms with E-state index in [1.165, 1.54) is 6.92 Å². The maximum Gasteiger partial charge on any atom is 0.325 e. The van der Waals surface area contributed by atoms with Crippen LogP contribution in [0, 0.1) is 0 Å². The second-order valence-electron chi connectivity index (χ2n) is 6.10. The Morgan fingerprint density at radius 2 is 1.59 bits per heavy atom. The number of hydrogen-bond donors (Lipinski definition) is 6. The number of nitrogens with two attached hydrogens (primary N) is 3. The van der Waals surface area contributed by atoms with Gasteiger partial charge < -0.3 is 27.4 Å². The molecule has 0 radical (unpaired) electrons. The highest BCUT2D eigenvalue weighted by atomic mass is 16.4. The van der Waals surface area contributed by atoms with Gasteiger partial charge in [-0.3, -0.25) is 14.9 Å². The van der Waals surface area contributed by atoms with Crippen LogP contribution in [0.3, 0.4) is 0 Å². The van der Waals surface area contributed by atoms with E-state index in [2.05, 4.69) is 5.32 Å². The largest absolute Gasteiger partial charge is 0.480 e. The summed E-state index contributed by atoms with van der Waals surface area (Å²) < 4.78 is 0. The van der Waals surface area contributed by atoms with E-state index in [4.69, 9.17) is 17.2 Å². The van der Waals surface area contributed by atoms with E-state index >= 15 is 0 Å². The van der Waals surface area contributed by atoms with Crippen LogP contribution < -0.4 is 22.5 Å². The lowest BCUT2D eigenvalue weighted by Crippen LogP contribution is -2.66. The number of carbonyl (C=O) groups is 2. The van der Waals surface area contributed by atoms with Crippen LogP contribution in [0.2, 0.25) is 0 Å². The molecule has 0 fully saturated rings. The van der Waals surface area contributed by atoms with Crippen molar-refractivity contribution in [3.8, 4) is 0 Å². The predicted octanol–water partition coefficient (Wildman–Crippen LogP) is -0.542. The average Bonchev–Trinajstić information content (AvgIpc) is 2.43. The third-order valence-electron chi connectivity index (χ3n) is 3.98. The zero-order chi connectivity index (χ0) is 17.4. The van der Waals surface area contributed by atoms with Crippen LogP contribution in [-0.2, 0) is 9.59 Å². The van der Waals surface area contributed by atoms with Gasteiger partial charge in [0.05, 0.1) is 0 Å². The predicted molar refractivity (Wildman–Crippen MR) is 84.4 cm³/mol. The molecule has 1 unspecified atom stereocenters. The number of rotatable bonds is 12. The highest BCUT2D eigenvalue weighted by molar-refractivity contribution is 5.80. The molecule has 3 atom stereocenters. The molecule has 0 aliphatic rings. The first-order chi connectivity index (χ1) is 10.1. The number of carboxylic acids is 2. The molecule has 22 heavy (non-hydrogen) atoms. The van der Waals surface area contributed by atoms with Crippen LogP contribution in [-0.4, -0.2) is 52.4 Å². The standard InChI is InChI=1S/C14H30N4O4/c1-13(11(19)20,7-3-4-8-15)18-10(6-5-9-16)14(2,17)12(21)22/h10,18H,3-9,15-17H2,1-2H3,(H,19,20)(H,21,22)/t10?,13-,14+/m1/s1. The Bertz CT molecular complexity index is 376. The average molecular weight is 318 g/mol. The fraction of sp³-hybridized carbons (Fsp3) is 0.857. The van der Waals surface area contributed by atoms with Crippen molar-refractivity contribution in [2.75, 3.05) is 13.1 Å². The summed E-state index contributed by atoms with van der Waals surface area (Å²) in [5, 5.41) is 21.7. The fourth-order valence-corrected chi connectivity index (χ4v) is 2.24. The molecule has 0 bridgehead atoms. The molecule has 0 aliphatic carbocycles. The van der Waals surface area contributed by atoms with Crippen LogP contribution in [0.5, 0.6) is 0 Å². The zero-order valence-corrected chi connectivity index (χ0v) is 13.5. The molecule has 0 saturated heterocycles. The lowest BCUT2D eigenvalue weighted by Gasteiger charge is -2.38. The molecule has 0 rings (SSSR count). The summed E-state index contributed by atoms with van der Waals surface area (Å²) in [6.45, 7) is 3.78. The summed E-state index contributed by atoms with van der Waals surface area (Å²) in [4.78, 5) is 23.0. The third-order valence-corrected chi connectivity index (χ3v) is 3.98. The molecule has 9 N–H and O–H groups in total. The number of aliphatic carboxylic acids is 2. The van der Waals surface area contributed by atoms with Crippen LogP contribution in [0.4, 0.5) is 0 Å². The van der Waals surface area contributed by atoms with Crippen molar-refractivity contribution in [1.82, 2.24) is 5.32 Å². The van der Waals surface area contributed by atoms with Gasteiger partial charge >= 0.3 is 11.9 Å². The molecule has 0 aliphatic heterocycles. The van der Waals surface area contributed by atoms with Gasteiger partial charge in [0.1, 0.15) is 11.1 Å². The molecule has 0 spiro atoms. The van der Waals surface area contributed by atoms with Gasteiger partial charge in [-0.25, -0.2) is 0 Å². The Morgan fingerprint density at radius 3 is 2.00 bits per heavy atom. The molecule has 130 valence electrons. The van der Waals surface area contributed by atoms with Crippen molar-refractivity contribution >= 4 is 11.9 Å². The molecule has 0 aromatic rings. The van der Waals surface area contributed by atoms with Crippen LogP contribution >= 0.6 is 0 Å². The minimum absolute atomic E-state index is 0.342. The van der Waals surface area contributed by atoms with Crippen molar-refractivity contribution in [3.05, 3.63) is 0 Å². The normalized spacial score (nSPS) is 18.2. The minimum Gasteiger partial charge on any atom is -0.480 e. The van der Waals surface area contributed by atoms with Gasteiger partial charge in [-0.05, 0) is 59.0 Å². The van der Waals surface area contributed by atoms with Crippen molar-refractivity contribution in [3.63, 3.8) is 0 Å². The topological polar surface area (TPSA) is 165 Å². The van der Waals surface area contributed by atoms with Crippen molar-refractivity contribution < 1.29 is 19.8 Å². The van der Waals surface area contributed by atoms with E-state index < -0.39 is 29.1 Å². The van der Waals surface area contributed by atoms with Gasteiger partial charge in [0.25, 0.3) is 0 Å². The smallest absolute Gasteiger partial charge is 0.325 e. The van der Waals surface area contributed by atoms with Crippen LogP contribution in [0.15, 0.2) is 0 Å². The summed E-state index contributed by atoms with van der Waals surface area (Å²) in [5.41, 5.74) is 14.0. The van der Waals surface area contributed by atoms with Gasteiger partial charge in [-0.2, -0.15) is 0 Å². The van der Waals surface area contributed by atoms with Gasteiger partial charge in [0, 0.05) is 6.04 Å². The van der Waals surface area contributed by atoms with Crippen LogP contribution in [0.1, 0.15) is 46.0 Å². The third kappa shape index (κ3) is 5.88. The maximum absolute atomic E-state index is 11.6. The van der Waals surface area contributed by atoms with E-state index in [0.717, 1.165) is 0 Å². The molecular weight excluding hydrogens is 288 g/mol. The summed E-state index contributed by atoms with van der Waals surface area (Å²) in [7, 11) is 0. The van der Waals surface area contributed by atoms with Gasteiger partial charge in [-0.15, -0.1) is 0 Å².